The average Bonchev–Trinajstić information content (AvgIpc) is 2.01. The summed E-state index contributed by atoms with van der Waals surface area (Å²) in [5.41, 5.74) is -0.658. The summed E-state index contributed by atoms with van der Waals surface area (Å²) in [6.07, 6.45) is -0.838. The molecule has 5 heteroatoms. The Morgan fingerprint density at radius 3 is 2.13 bits per heavy atom. The van der Waals surface area contributed by atoms with Crippen molar-refractivity contribution in [3.05, 3.63) is 0 Å². The molecule has 0 spiro atoms. The fourth-order valence-electron chi connectivity index (χ4n) is 1.01. The van der Waals surface area contributed by atoms with Crippen molar-refractivity contribution in [2.75, 3.05) is 6.61 Å². The van der Waals surface area contributed by atoms with E-state index in [0.29, 0.717) is 5.06 Å². The molecule has 0 heterocycles. The average molecular weight is 219 g/mol. The predicted molar refractivity (Wildman–Crippen MR) is 55.6 cm³/mol. The maximum Gasteiger partial charge on any atom is 0.434 e. The van der Waals surface area contributed by atoms with Gasteiger partial charge in [-0.2, -0.15) is 5.06 Å². The number of carbonyl (C=O) groups excluding carboxylic acids is 1. The van der Waals surface area contributed by atoms with Gasteiger partial charge in [-0.25, -0.2) is 4.79 Å². The van der Waals surface area contributed by atoms with Crippen LogP contribution in [-0.4, -0.2) is 39.7 Å². The lowest BCUT2D eigenvalue weighted by Gasteiger charge is -2.29. The lowest BCUT2D eigenvalue weighted by Crippen LogP contribution is -2.45. The molecule has 0 saturated carbocycles. The van der Waals surface area contributed by atoms with Gasteiger partial charge in [-0.1, -0.05) is 13.8 Å². The second-order valence-corrected chi connectivity index (χ2v) is 4.82. The zero-order valence-electron chi connectivity index (χ0n) is 10.0. The minimum Gasteiger partial charge on any atom is -0.442 e. The Hall–Kier alpha value is -0.810. The first-order valence-electron chi connectivity index (χ1n) is 5.01. The maximum absolute atomic E-state index is 11.4. The smallest absolute Gasteiger partial charge is 0.434 e. The van der Waals surface area contributed by atoms with E-state index in [0.717, 1.165) is 0 Å². The normalized spacial score (nSPS) is 13.9. The number of rotatable bonds is 3. The zero-order chi connectivity index (χ0) is 12.2. The molecule has 0 aliphatic heterocycles. The van der Waals surface area contributed by atoms with Gasteiger partial charge in [0, 0.05) is 0 Å². The molecular formula is C10H21NO4. The van der Waals surface area contributed by atoms with Crippen LogP contribution in [0.1, 0.15) is 34.6 Å². The van der Waals surface area contributed by atoms with Crippen LogP contribution >= 0.6 is 0 Å². The van der Waals surface area contributed by atoms with E-state index in [1.165, 1.54) is 0 Å². The first-order valence-corrected chi connectivity index (χ1v) is 5.01. The number of hydrogen-bond donors (Lipinski definition) is 2. The first kappa shape index (κ1) is 14.2. The van der Waals surface area contributed by atoms with Gasteiger partial charge in [-0.15, -0.1) is 0 Å². The molecule has 1 atom stereocenters. The van der Waals surface area contributed by atoms with E-state index in [1.807, 2.05) is 0 Å². The molecule has 5 nitrogen and oxygen atoms in total. The molecule has 0 aromatic rings. The van der Waals surface area contributed by atoms with Crippen molar-refractivity contribution in [2.24, 2.45) is 5.92 Å². The molecule has 0 rings (SSSR count). The van der Waals surface area contributed by atoms with Crippen molar-refractivity contribution in [2.45, 2.75) is 46.3 Å². The highest BCUT2D eigenvalue weighted by Crippen LogP contribution is 2.14. The lowest BCUT2D eigenvalue weighted by atomic mass is 10.1. The van der Waals surface area contributed by atoms with E-state index in [-0.39, 0.29) is 12.5 Å². The Kier molecular flexibility index (Phi) is 5.03. The highest BCUT2D eigenvalue weighted by atomic mass is 16.6. The lowest BCUT2D eigenvalue weighted by molar-refractivity contribution is -0.138. The van der Waals surface area contributed by atoms with Crippen LogP contribution in [0, 0.1) is 5.92 Å². The van der Waals surface area contributed by atoms with Crippen molar-refractivity contribution in [3.8, 4) is 0 Å². The third-order valence-corrected chi connectivity index (χ3v) is 1.85. The van der Waals surface area contributed by atoms with E-state index < -0.39 is 17.7 Å². The first-order chi connectivity index (χ1) is 6.69. The second kappa shape index (κ2) is 5.32. The fourth-order valence-corrected chi connectivity index (χ4v) is 1.01. The van der Waals surface area contributed by atoms with Gasteiger partial charge in [0.2, 0.25) is 0 Å². The van der Waals surface area contributed by atoms with Crippen molar-refractivity contribution in [1.82, 2.24) is 5.06 Å². The summed E-state index contributed by atoms with van der Waals surface area (Å²) in [5, 5.41) is 19.0. The van der Waals surface area contributed by atoms with Crippen LogP contribution in [0.15, 0.2) is 0 Å². The largest absolute Gasteiger partial charge is 0.442 e. The number of hydrogen-bond acceptors (Lipinski definition) is 4. The minimum atomic E-state index is -0.838. The van der Waals surface area contributed by atoms with Gasteiger partial charge in [-0.3, -0.25) is 5.21 Å². The predicted octanol–water partition coefficient (Wildman–Crippen LogP) is 1.63. The van der Waals surface area contributed by atoms with Gasteiger partial charge in [0.25, 0.3) is 0 Å². The van der Waals surface area contributed by atoms with Gasteiger partial charge in [0.15, 0.2) is 0 Å². The van der Waals surface area contributed by atoms with Gasteiger partial charge >= 0.3 is 6.09 Å². The molecule has 0 fully saturated rings. The van der Waals surface area contributed by atoms with Crippen molar-refractivity contribution in [1.29, 1.82) is 0 Å². The molecule has 0 aromatic heterocycles. The highest BCUT2D eigenvalue weighted by Gasteiger charge is 2.28. The summed E-state index contributed by atoms with van der Waals surface area (Å²) in [5.74, 6) is -0.0486. The monoisotopic (exact) mass is 219 g/mol. The molecule has 0 aliphatic carbocycles. The quantitative estimate of drug-likeness (QED) is 0.559. The zero-order valence-corrected chi connectivity index (χ0v) is 10.0. The summed E-state index contributed by atoms with van der Waals surface area (Å²) in [7, 11) is 0. The van der Waals surface area contributed by atoms with E-state index >= 15 is 0 Å². The van der Waals surface area contributed by atoms with Crippen LogP contribution in [-0.2, 0) is 4.74 Å². The maximum atomic E-state index is 11.4. The van der Waals surface area contributed by atoms with Crippen LogP contribution in [0.3, 0.4) is 0 Å². The molecule has 15 heavy (non-hydrogen) atoms. The van der Waals surface area contributed by atoms with Gasteiger partial charge in [0.1, 0.15) is 5.60 Å². The summed E-state index contributed by atoms with van der Waals surface area (Å²) < 4.78 is 4.96. The van der Waals surface area contributed by atoms with E-state index in [4.69, 9.17) is 9.84 Å². The second-order valence-electron chi connectivity index (χ2n) is 4.82. The molecule has 2 N–H and O–H groups in total. The van der Waals surface area contributed by atoms with Crippen LogP contribution < -0.4 is 0 Å². The summed E-state index contributed by atoms with van der Waals surface area (Å²) in [4.78, 5) is 11.4. The third-order valence-electron chi connectivity index (χ3n) is 1.85. The van der Waals surface area contributed by atoms with E-state index in [2.05, 4.69) is 0 Å². The molecule has 0 unspecified atom stereocenters. The number of carbonyl (C=O) groups is 1. The number of hydroxylamine groups is 2. The number of nitrogens with zero attached hydrogens (tertiary/aromatic N) is 1. The van der Waals surface area contributed by atoms with Gasteiger partial charge < -0.3 is 9.84 Å². The molecule has 1 amide bonds. The summed E-state index contributed by atoms with van der Waals surface area (Å²) in [6.45, 7) is 8.43. The number of aliphatic hydroxyl groups excluding tert-OH is 1. The van der Waals surface area contributed by atoms with Crippen molar-refractivity contribution < 1.29 is 19.8 Å². The SMILES string of the molecule is CC(C)[C@@H](CO)N(O)C(=O)OC(C)(C)C. The Bertz CT molecular complexity index is 210. The Labute approximate surface area is 90.6 Å². The van der Waals surface area contributed by atoms with Crippen molar-refractivity contribution >= 4 is 6.09 Å². The number of ether oxygens (including phenoxy) is 1. The number of amides is 1. The van der Waals surface area contributed by atoms with Crippen LogP contribution in [0.2, 0.25) is 0 Å². The van der Waals surface area contributed by atoms with E-state index in [9.17, 15) is 10.0 Å². The molecule has 0 bridgehead atoms. The minimum absolute atomic E-state index is 0.0486. The topological polar surface area (TPSA) is 70.0 Å². The molecule has 90 valence electrons. The van der Waals surface area contributed by atoms with Gasteiger partial charge in [-0.05, 0) is 26.7 Å². The van der Waals surface area contributed by atoms with Crippen molar-refractivity contribution in [3.63, 3.8) is 0 Å². The van der Waals surface area contributed by atoms with E-state index in [1.54, 1.807) is 34.6 Å². The van der Waals surface area contributed by atoms with Crippen LogP contribution in [0.4, 0.5) is 4.79 Å². The van der Waals surface area contributed by atoms with Crippen LogP contribution in [0.5, 0.6) is 0 Å². The molecular weight excluding hydrogens is 198 g/mol. The Morgan fingerprint density at radius 1 is 1.40 bits per heavy atom. The molecule has 0 radical (unpaired) electrons. The Morgan fingerprint density at radius 2 is 1.87 bits per heavy atom. The summed E-state index contributed by atoms with van der Waals surface area (Å²) in [6, 6.07) is -0.639. The molecule has 0 saturated heterocycles. The molecule has 0 aromatic carbocycles. The fraction of sp³-hybridized carbons (Fsp3) is 0.900. The Balaban J connectivity index is 4.42. The summed E-state index contributed by atoms with van der Waals surface area (Å²) >= 11 is 0. The third kappa shape index (κ3) is 4.99. The van der Waals surface area contributed by atoms with Gasteiger partial charge in [0.05, 0.1) is 12.6 Å². The number of aliphatic hydroxyl groups is 1. The van der Waals surface area contributed by atoms with Crippen LogP contribution in [0.25, 0.3) is 0 Å². The highest BCUT2D eigenvalue weighted by molar-refractivity contribution is 5.67. The standard InChI is InChI=1S/C10H21NO4/c1-7(2)8(6-12)11(14)9(13)15-10(3,4)5/h7-8,12,14H,6H2,1-5H3/t8-/m1/s1. The molecule has 0 aliphatic rings.